The van der Waals surface area contributed by atoms with Gasteiger partial charge in [-0.05, 0) is 56.6 Å². The van der Waals surface area contributed by atoms with Gasteiger partial charge in [-0.25, -0.2) is 4.98 Å². The summed E-state index contributed by atoms with van der Waals surface area (Å²) in [4.78, 5) is 20.2. The molecule has 2 heterocycles. The van der Waals surface area contributed by atoms with Crippen molar-refractivity contribution in [3.8, 4) is 0 Å². The highest BCUT2D eigenvalue weighted by Crippen LogP contribution is 2.57. The standard InChI is InChI=1S/C22H27N3O/c1-2-3-14-24-19-11-7-5-9-17(19)23-20(24)15-25-18-10-6-4-8-16(18)22(12-13-22)21(25)26/h4,6,8,10H,2-3,5,7,9,11-15H2,1H3. The fourth-order valence-electron chi connectivity index (χ4n) is 4.86. The Morgan fingerprint density at radius 2 is 1.96 bits per heavy atom. The Morgan fingerprint density at radius 3 is 2.77 bits per heavy atom. The maximum Gasteiger partial charge on any atom is 0.238 e. The molecule has 0 atom stereocenters. The van der Waals surface area contributed by atoms with E-state index in [4.69, 9.17) is 4.98 Å². The molecule has 0 saturated heterocycles. The number of aromatic nitrogens is 2. The molecule has 0 N–H and O–H groups in total. The van der Waals surface area contributed by atoms with Crippen molar-refractivity contribution in [3.63, 3.8) is 0 Å². The van der Waals surface area contributed by atoms with E-state index in [9.17, 15) is 4.79 Å². The Hall–Kier alpha value is -2.10. The summed E-state index contributed by atoms with van der Waals surface area (Å²) < 4.78 is 2.44. The number of hydrogen-bond donors (Lipinski definition) is 0. The summed E-state index contributed by atoms with van der Waals surface area (Å²) in [6.45, 7) is 3.89. The maximum atomic E-state index is 13.2. The van der Waals surface area contributed by atoms with E-state index in [2.05, 4.69) is 35.8 Å². The van der Waals surface area contributed by atoms with Gasteiger partial charge in [0.25, 0.3) is 0 Å². The Balaban J connectivity index is 1.52. The summed E-state index contributed by atoms with van der Waals surface area (Å²) in [5.74, 6) is 1.38. The van der Waals surface area contributed by atoms with Crippen molar-refractivity contribution >= 4 is 11.6 Å². The van der Waals surface area contributed by atoms with Crippen molar-refractivity contribution in [2.24, 2.45) is 0 Å². The molecule has 136 valence electrons. The summed E-state index contributed by atoms with van der Waals surface area (Å²) in [6.07, 6.45) is 9.09. The van der Waals surface area contributed by atoms with Gasteiger partial charge in [-0.1, -0.05) is 31.5 Å². The second kappa shape index (κ2) is 5.97. The number of carbonyl (C=O) groups excluding carboxylic acids is 1. The maximum absolute atomic E-state index is 13.2. The number of aryl methyl sites for hydroxylation is 1. The SMILES string of the molecule is CCCCn1c(CN2C(=O)C3(CC3)c3ccccc32)nc2c1CCCC2. The first-order chi connectivity index (χ1) is 12.7. The summed E-state index contributed by atoms with van der Waals surface area (Å²) in [6, 6.07) is 8.38. The van der Waals surface area contributed by atoms with Crippen molar-refractivity contribution in [3.05, 3.63) is 47.0 Å². The number of benzene rings is 1. The van der Waals surface area contributed by atoms with Crippen molar-refractivity contribution in [2.75, 3.05) is 4.90 Å². The molecule has 26 heavy (non-hydrogen) atoms. The molecule has 1 amide bonds. The molecule has 2 aliphatic carbocycles. The van der Waals surface area contributed by atoms with E-state index in [1.165, 1.54) is 42.6 Å². The van der Waals surface area contributed by atoms with Crippen LogP contribution in [0.5, 0.6) is 0 Å². The minimum absolute atomic E-state index is 0.211. The molecule has 3 aliphatic rings. The first-order valence-corrected chi connectivity index (χ1v) is 10.2. The normalized spacial score (nSPS) is 19.7. The van der Waals surface area contributed by atoms with Crippen LogP contribution in [-0.2, 0) is 36.1 Å². The van der Waals surface area contributed by atoms with Gasteiger partial charge in [0.05, 0.1) is 17.7 Å². The molecule has 4 nitrogen and oxygen atoms in total. The minimum Gasteiger partial charge on any atom is -0.330 e. The first kappa shape index (κ1) is 16.1. The van der Waals surface area contributed by atoms with Crippen molar-refractivity contribution < 1.29 is 4.79 Å². The summed E-state index contributed by atoms with van der Waals surface area (Å²) in [5, 5.41) is 0. The molecule has 1 fully saturated rings. The predicted octanol–water partition coefficient (Wildman–Crippen LogP) is 4.14. The summed E-state index contributed by atoms with van der Waals surface area (Å²) in [5.41, 5.74) is 4.85. The number of imidazole rings is 1. The molecule has 1 aromatic heterocycles. The molecular formula is C22H27N3O. The van der Waals surface area contributed by atoms with Gasteiger partial charge in [0.1, 0.15) is 5.82 Å². The van der Waals surface area contributed by atoms with Crippen molar-refractivity contribution in [2.45, 2.75) is 76.8 Å². The van der Waals surface area contributed by atoms with Crippen LogP contribution in [0.15, 0.2) is 24.3 Å². The zero-order valence-corrected chi connectivity index (χ0v) is 15.6. The number of rotatable bonds is 5. The van der Waals surface area contributed by atoms with Crippen LogP contribution >= 0.6 is 0 Å². The number of anilines is 1. The average Bonchev–Trinajstić information content (AvgIpc) is 3.36. The molecule has 5 rings (SSSR count). The molecule has 0 unspecified atom stereocenters. The third kappa shape index (κ3) is 2.27. The average molecular weight is 349 g/mol. The molecule has 1 aliphatic heterocycles. The number of unbranched alkanes of at least 4 members (excludes halogenated alkanes) is 1. The molecule has 0 bridgehead atoms. The van der Waals surface area contributed by atoms with Gasteiger partial charge in [-0.3, -0.25) is 4.79 Å². The Kier molecular flexibility index (Phi) is 3.70. The molecule has 0 radical (unpaired) electrons. The van der Waals surface area contributed by atoms with Gasteiger partial charge < -0.3 is 9.47 Å². The highest BCUT2D eigenvalue weighted by molar-refractivity contribution is 6.09. The largest absolute Gasteiger partial charge is 0.330 e. The van der Waals surface area contributed by atoms with E-state index in [0.717, 1.165) is 43.7 Å². The number of hydrogen-bond acceptors (Lipinski definition) is 2. The lowest BCUT2D eigenvalue weighted by Gasteiger charge is -2.20. The lowest BCUT2D eigenvalue weighted by molar-refractivity contribution is -0.120. The van der Waals surface area contributed by atoms with Gasteiger partial charge in [0.15, 0.2) is 0 Å². The number of amides is 1. The molecular weight excluding hydrogens is 322 g/mol. The van der Waals surface area contributed by atoms with E-state index in [1.54, 1.807) is 0 Å². The molecule has 2 aromatic rings. The second-order valence-electron chi connectivity index (χ2n) is 8.12. The number of carbonyl (C=O) groups is 1. The zero-order chi connectivity index (χ0) is 17.7. The van der Waals surface area contributed by atoms with Crippen LogP contribution in [0.4, 0.5) is 5.69 Å². The topological polar surface area (TPSA) is 38.1 Å². The number of para-hydroxylation sites is 1. The Morgan fingerprint density at radius 1 is 1.15 bits per heavy atom. The van der Waals surface area contributed by atoms with E-state index in [-0.39, 0.29) is 5.41 Å². The van der Waals surface area contributed by atoms with Crippen LogP contribution in [0.25, 0.3) is 0 Å². The summed E-state index contributed by atoms with van der Waals surface area (Å²) >= 11 is 0. The molecule has 1 spiro atoms. The van der Waals surface area contributed by atoms with Crippen LogP contribution < -0.4 is 4.90 Å². The summed E-state index contributed by atoms with van der Waals surface area (Å²) in [7, 11) is 0. The first-order valence-electron chi connectivity index (χ1n) is 10.2. The lowest BCUT2D eigenvalue weighted by Crippen LogP contribution is -2.32. The fourth-order valence-corrected chi connectivity index (χ4v) is 4.86. The quantitative estimate of drug-likeness (QED) is 0.814. The number of fused-ring (bicyclic) bond motifs is 3. The smallest absolute Gasteiger partial charge is 0.238 e. The van der Waals surface area contributed by atoms with E-state index >= 15 is 0 Å². The Labute approximate surface area is 155 Å². The van der Waals surface area contributed by atoms with E-state index in [1.807, 2.05) is 4.90 Å². The number of nitrogens with zero attached hydrogens (tertiary/aromatic N) is 3. The van der Waals surface area contributed by atoms with Crippen LogP contribution in [0.1, 0.15) is 68.2 Å². The second-order valence-corrected chi connectivity index (χ2v) is 8.12. The molecule has 1 saturated carbocycles. The third-order valence-electron chi connectivity index (χ3n) is 6.46. The fraction of sp³-hybridized carbons (Fsp3) is 0.545. The van der Waals surface area contributed by atoms with Gasteiger partial charge in [-0.2, -0.15) is 0 Å². The zero-order valence-electron chi connectivity index (χ0n) is 15.6. The van der Waals surface area contributed by atoms with Gasteiger partial charge in [-0.15, -0.1) is 0 Å². The highest BCUT2D eigenvalue weighted by atomic mass is 16.2. The minimum atomic E-state index is -0.211. The van der Waals surface area contributed by atoms with E-state index < -0.39 is 0 Å². The van der Waals surface area contributed by atoms with Gasteiger partial charge in [0.2, 0.25) is 5.91 Å². The van der Waals surface area contributed by atoms with Crippen LogP contribution in [0.2, 0.25) is 0 Å². The van der Waals surface area contributed by atoms with Crippen LogP contribution in [0.3, 0.4) is 0 Å². The molecule has 1 aromatic carbocycles. The van der Waals surface area contributed by atoms with Gasteiger partial charge >= 0.3 is 0 Å². The monoisotopic (exact) mass is 349 g/mol. The van der Waals surface area contributed by atoms with Crippen molar-refractivity contribution in [1.82, 2.24) is 9.55 Å². The van der Waals surface area contributed by atoms with Crippen LogP contribution in [-0.4, -0.2) is 15.5 Å². The predicted molar refractivity (Wildman–Crippen MR) is 102 cm³/mol. The lowest BCUT2D eigenvalue weighted by atomic mass is 9.98. The van der Waals surface area contributed by atoms with E-state index in [0.29, 0.717) is 12.5 Å². The highest BCUT2D eigenvalue weighted by Gasteiger charge is 2.59. The third-order valence-corrected chi connectivity index (χ3v) is 6.46. The van der Waals surface area contributed by atoms with Crippen molar-refractivity contribution in [1.29, 1.82) is 0 Å². The Bertz CT molecular complexity index is 862. The van der Waals surface area contributed by atoms with Crippen LogP contribution in [0, 0.1) is 0 Å². The van der Waals surface area contributed by atoms with Gasteiger partial charge in [0, 0.05) is 17.9 Å². The molecule has 4 heteroatoms.